The second kappa shape index (κ2) is 12.5. The van der Waals surface area contributed by atoms with Crippen molar-refractivity contribution < 1.29 is 18.8 Å². The summed E-state index contributed by atoms with van der Waals surface area (Å²) in [6.07, 6.45) is 8.39. The number of benzene rings is 2. The average molecular weight is 541 g/mol. The largest absolute Gasteiger partial charge is 0.490 e. The van der Waals surface area contributed by atoms with Crippen LogP contribution in [0.4, 0.5) is 0 Å². The summed E-state index contributed by atoms with van der Waals surface area (Å²) >= 11 is 0. The summed E-state index contributed by atoms with van der Waals surface area (Å²) in [6, 6.07) is 20.0. The minimum atomic E-state index is 0.113. The average Bonchev–Trinajstić information content (AvgIpc) is 3.40. The van der Waals surface area contributed by atoms with E-state index in [4.69, 9.17) is 14.0 Å². The highest BCUT2D eigenvalue weighted by Gasteiger charge is 2.28. The number of aromatic nitrogens is 2. The van der Waals surface area contributed by atoms with Gasteiger partial charge in [-0.25, -0.2) is 4.98 Å². The van der Waals surface area contributed by atoms with Gasteiger partial charge < -0.3 is 18.9 Å². The number of ether oxygens (including phenoxy) is 2. The van der Waals surface area contributed by atoms with Gasteiger partial charge in [-0.3, -0.25) is 9.69 Å². The third-order valence-corrected chi connectivity index (χ3v) is 7.98. The lowest BCUT2D eigenvalue weighted by Crippen LogP contribution is -2.47. The van der Waals surface area contributed by atoms with Crippen molar-refractivity contribution in [1.29, 1.82) is 0 Å². The second-order valence-electron chi connectivity index (χ2n) is 10.7. The van der Waals surface area contributed by atoms with Gasteiger partial charge >= 0.3 is 0 Å². The first-order chi connectivity index (χ1) is 19.7. The second-order valence-corrected chi connectivity index (χ2v) is 10.7. The number of rotatable bonds is 3. The van der Waals surface area contributed by atoms with Gasteiger partial charge in [0.1, 0.15) is 5.69 Å². The van der Waals surface area contributed by atoms with Crippen LogP contribution in [0.5, 0.6) is 17.4 Å². The number of hydrogen-bond acceptors (Lipinski definition) is 7. The van der Waals surface area contributed by atoms with Gasteiger partial charge in [0.25, 0.3) is 0 Å². The van der Waals surface area contributed by atoms with Crippen LogP contribution in [0.1, 0.15) is 49.8 Å². The van der Waals surface area contributed by atoms with Crippen LogP contribution in [0, 0.1) is 0 Å². The molecule has 0 aliphatic carbocycles. The van der Waals surface area contributed by atoms with Gasteiger partial charge in [-0.1, -0.05) is 48.3 Å². The Kier molecular flexibility index (Phi) is 8.23. The first kappa shape index (κ1) is 26.3. The molecule has 1 amide bonds. The molecule has 2 aliphatic heterocycles. The summed E-state index contributed by atoms with van der Waals surface area (Å²) in [4.78, 5) is 22.3. The van der Waals surface area contributed by atoms with Crippen molar-refractivity contribution in [3.8, 4) is 17.4 Å². The number of nitrogens with zero attached hydrogens (tertiary/aromatic N) is 4. The van der Waals surface area contributed by atoms with E-state index in [0.717, 1.165) is 80.6 Å². The van der Waals surface area contributed by atoms with E-state index in [-0.39, 0.29) is 12.3 Å². The number of carbonyl (C=O) groups excluding carboxylic acids is 1. The summed E-state index contributed by atoms with van der Waals surface area (Å²) in [5.41, 5.74) is 2.50. The Balaban J connectivity index is 1.14. The van der Waals surface area contributed by atoms with Crippen LogP contribution in [-0.4, -0.2) is 58.1 Å². The predicted octanol–water partition coefficient (Wildman–Crippen LogP) is 6.00. The fraction of sp³-hybridized carbons (Fsp3) is 0.406. The minimum absolute atomic E-state index is 0.113. The highest BCUT2D eigenvalue weighted by Crippen LogP contribution is 2.33. The molecule has 208 valence electrons. The molecule has 0 radical (unpaired) electrons. The molecule has 0 spiro atoms. The van der Waals surface area contributed by atoms with Crippen LogP contribution in [0.2, 0.25) is 0 Å². The lowest BCUT2D eigenvalue weighted by molar-refractivity contribution is -0.132. The Hall–Kier alpha value is -3.91. The van der Waals surface area contributed by atoms with Gasteiger partial charge in [0.2, 0.25) is 11.8 Å². The van der Waals surface area contributed by atoms with Crippen molar-refractivity contribution in [1.82, 2.24) is 19.9 Å². The van der Waals surface area contributed by atoms with Gasteiger partial charge in [0.05, 0.1) is 13.0 Å². The standard InChI is InChI=1S/C32H36N4O4/c37-31(22-27-26-11-3-4-12-28(26)40-34-27)35-19-15-25(16-20-35)36-18-7-1-2-8-21-38-29-13-5-6-14-30(29)39-32-24(23-36)10-9-17-33-32/h3-6,9-14,17,25H,1-2,7-8,15-16,18-23H2. The van der Waals surface area contributed by atoms with Gasteiger partial charge in [0, 0.05) is 42.8 Å². The first-order valence-electron chi connectivity index (χ1n) is 14.4. The molecular weight excluding hydrogens is 504 g/mol. The van der Waals surface area contributed by atoms with E-state index < -0.39 is 0 Å². The molecule has 2 aromatic carbocycles. The SMILES string of the molecule is O=C(Cc1noc2ccccc12)N1CCC(N2CCCCCCOc3ccccc3Oc3ncccc3C2)CC1. The topological polar surface area (TPSA) is 80.9 Å². The Morgan fingerprint density at radius 3 is 2.58 bits per heavy atom. The number of hydrogen-bond donors (Lipinski definition) is 0. The normalized spacial score (nSPS) is 17.8. The Labute approximate surface area is 234 Å². The molecule has 8 heteroatoms. The molecular formula is C32H36N4O4. The Morgan fingerprint density at radius 2 is 1.68 bits per heavy atom. The van der Waals surface area contributed by atoms with Crippen LogP contribution >= 0.6 is 0 Å². The van der Waals surface area contributed by atoms with Crippen molar-refractivity contribution in [3.63, 3.8) is 0 Å². The van der Waals surface area contributed by atoms with E-state index >= 15 is 0 Å². The quantitative estimate of drug-likeness (QED) is 0.315. The van der Waals surface area contributed by atoms with Gasteiger partial charge in [-0.15, -0.1) is 0 Å². The zero-order valence-corrected chi connectivity index (χ0v) is 22.8. The molecule has 0 saturated carbocycles. The third kappa shape index (κ3) is 6.12. The molecule has 8 nitrogen and oxygen atoms in total. The van der Waals surface area contributed by atoms with Crippen molar-refractivity contribution in [2.75, 3.05) is 26.2 Å². The van der Waals surface area contributed by atoms with Crippen molar-refractivity contribution >= 4 is 16.9 Å². The maximum Gasteiger partial charge on any atom is 0.228 e. The number of pyridine rings is 1. The lowest BCUT2D eigenvalue weighted by Gasteiger charge is -2.39. The smallest absolute Gasteiger partial charge is 0.228 e. The van der Waals surface area contributed by atoms with Crippen LogP contribution in [0.3, 0.4) is 0 Å². The summed E-state index contributed by atoms with van der Waals surface area (Å²) in [6.45, 7) is 3.94. The molecule has 2 aromatic heterocycles. The molecule has 2 aliphatic rings. The van der Waals surface area contributed by atoms with Gasteiger partial charge in [0.15, 0.2) is 17.1 Å². The summed E-state index contributed by atoms with van der Waals surface area (Å²) in [5.74, 6) is 2.18. The van der Waals surface area contributed by atoms with E-state index in [1.54, 1.807) is 6.20 Å². The van der Waals surface area contributed by atoms with Gasteiger partial charge in [-0.2, -0.15) is 0 Å². The van der Waals surface area contributed by atoms with E-state index in [9.17, 15) is 4.79 Å². The molecule has 0 N–H and O–H groups in total. The zero-order chi connectivity index (χ0) is 27.1. The molecule has 1 saturated heterocycles. The van der Waals surface area contributed by atoms with E-state index in [1.807, 2.05) is 59.5 Å². The number of fused-ring (bicyclic) bond motifs is 3. The Morgan fingerprint density at radius 1 is 0.875 bits per heavy atom. The fourth-order valence-corrected chi connectivity index (χ4v) is 5.76. The lowest BCUT2D eigenvalue weighted by atomic mass is 10.0. The predicted molar refractivity (Wildman–Crippen MR) is 152 cm³/mol. The van der Waals surface area contributed by atoms with E-state index in [1.165, 1.54) is 6.42 Å². The van der Waals surface area contributed by atoms with Crippen LogP contribution < -0.4 is 9.47 Å². The van der Waals surface area contributed by atoms with Crippen molar-refractivity contribution in [2.45, 2.75) is 57.5 Å². The monoisotopic (exact) mass is 540 g/mol. The van der Waals surface area contributed by atoms with E-state index in [2.05, 4.69) is 21.1 Å². The molecule has 4 aromatic rings. The maximum absolute atomic E-state index is 13.2. The number of piperidine rings is 1. The minimum Gasteiger partial charge on any atom is -0.490 e. The van der Waals surface area contributed by atoms with Crippen LogP contribution in [0.25, 0.3) is 11.0 Å². The highest BCUT2D eigenvalue weighted by atomic mass is 16.5. The first-order valence-corrected chi connectivity index (χ1v) is 14.4. The summed E-state index contributed by atoms with van der Waals surface area (Å²) in [5, 5.41) is 5.08. The summed E-state index contributed by atoms with van der Waals surface area (Å²) < 4.78 is 17.8. The van der Waals surface area contributed by atoms with Crippen molar-refractivity contribution in [2.24, 2.45) is 0 Å². The highest BCUT2D eigenvalue weighted by molar-refractivity contribution is 5.86. The van der Waals surface area contributed by atoms with Crippen LogP contribution in [-0.2, 0) is 17.8 Å². The molecule has 6 rings (SSSR count). The van der Waals surface area contributed by atoms with E-state index in [0.29, 0.717) is 30.0 Å². The molecule has 40 heavy (non-hydrogen) atoms. The number of likely N-dealkylation sites (tertiary alicyclic amines) is 1. The Bertz CT molecular complexity index is 1430. The maximum atomic E-state index is 13.2. The third-order valence-electron chi connectivity index (χ3n) is 7.98. The zero-order valence-electron chi connectivity index (χ0n) is 22.8. The molecule has 0 atom stereocenters. The number of carbonyl (C=O) groups is 1. The summed E-state index contributed by atoms with van der Waals surface area (Å²) in [7, 11) is 0. The van der Waals surface area contributed by atoms with Crippen molar-refractivity contribution in [3.05, 3.63) is 78.1 Å². The van der Waals surface area contributed by atoms with Gasteiger partial charge in [-0.05, 0) is 62.6 Å². The fourth-order valence-electron chi connectivity index (χ4n) is 5.76. The molecule has 0 bridgehead atoms. The number of para-hydroxylation sites is 3. The van der Waals surface area contributed by atoms with Crippen LogP contribution in [0.15, 0.2) is 71.4 Å². The molecule has 0 unspecified atom stereocenters. The molecule has 1 fully saturated rings. The molecule has 4 heterocycles. The number of amides is 1.